The molecule has 1 N–H and O–H groups in total. The van der Waals surface area contributed by atoms with Gasteiger partial charge in [-0.05, 0) is 54.2 Å². The normalized spacial score (nSPS) is 28.5. The number of carbonyl (C=O) groups excluding carboxylic acids is 2. The van der Waals surface area contributed by atoms with E-state index < -0.39 is 39.0 Å². The zero-order valence-electron chi connectivity index (χ0n) is 22.0. The molecule has 40 heavy (non-hydrogen) atoms. The number of allylic oxidation sites excluding steroid dienone is 1. The van der Waals surface area contributed by atoms with Gasteiger partial charge < -0.3 is 14.5 Å². The molecule has 2 heterocycles. The Morgan fingerprint density at radius 3 is 2.48 bits per heavy atom. The third-order valence-electron chi connectivity index (χ3n) is 9.14. The second-order valence-electron chi connectivity index (χ2n) is 10.7. The number of aromatic nitrogens is 1. The summed E-state index contributed by atoms with van der Waals surface area (Å²) in [5, 5.41) is -1.02. The molecule has 2 bridgehead atoms. The van der Waals surface area contributed by atoms with Crippen molar-refractivity contribution in [2.75, 3.05) is 14.2 Å². The molecular weight excluding hydrogens is 539 g/mol. The van der Waals surface area contributed by atoms with E-state index in [0.717, 1.165) is 23.3 Å². The van der Waals surface area contributed by atoms with Gasteiger partial charge in [0.2, 0.25) is 0 Å². The highest BCUT2D eigenvalue weighted by atomic mass is 32.2. The number of hydrogen-bond acceptors (Lipinski definition) is 5. The smallest absolute Gasteiger partial charge is 0.416 e. The quantitative estimate of drug-likeness (QED) is 0.271. The van der Waals surface area contributed by atoms with E-state index in [2.05, 4.69) is 11.6 Å². The highest BCUT2D eigenvalue weighted by Crippen LogP contribution is 2.72. The summed E-state index contributed by atoms with van der Waals surface area (Å²) >= 11 is 1.43. The molecule has 5 atom stereocenters. The number of Topliss-reactive ketones (excluding diaryl/α,β-unsaturated/α-hetero) is 1. The van der Waals surface area contributed by atoms with Crippen LogP contribution in [0.5, 0.6) is 5.75 Å². The third kappa shape index (κ3) is 3.56. The van der Waals surface area contributed by atoms with Crippen LogP contribution >= 0.6 is 11.8 Å². The lowest BCUT2D eigenvalue weighted by atomic mass is 9.45. The van der Waals surface area contributed by atoms with Crippen LogP contribution in [-0.4, -0.2) is 41.5 Å². The van der Waals surface area contributed by atoms with E-state index in [-0.39, 0.29) is 18.1 Å². The molecule has 5 nitrogen and oxygen atoms in total. The second kappa shape index (κ2) is 9.29. The summed E-state index contributed by atoms with van der Waals surface area (Å²) in [5.41, 5.74) is 0.967. The lowest BCUT2D eigenvalue weighted by Crippen LogP contribution is -2.60. The van der Waals surface area contributed by atoms with Gasteiger partial charge in [0, 0.05) is 40.1 Å². The molecule has 9 heteroatoms. The Morgan fingerprint density at radius 2 is 1.80 bits per heavy atom. The molecule has 0 spiro atoms. The Labute approximate surface area is 234 Å². The van der Waals surface area contributed by atoms with Crippen LogP contribution in [0.4, 0.5) is 13.2 Å². The number of para-hydroxylation sites is 1. The molecule has 4 aliphatic rings. The van der Waals surface area contributed by atoms with Crippen LogP contribution in [0.15, 0.2) is 67.5 Å². The monoisotopic (exact) mass is 567 g/mol. The van der Waals surface area contributed by atoms with Crippen molar-refractivity contribution in [3.05, 3.63) is 95.3 Å². The van der Waals surface area contributed by atoms with Gasteiger partial charge in [-0.15, -0.1) is 11.8 Å². The summed E-state index contributed by atoms with van der Waals surface area (Å²) in [6, 6.07) is 12.4. The first-order valence-electron chi connectivity index (χ1n) is 13.0. The van der Waals surface area contributed by atoms with E-state index in [9.17, 15) is 22.8 Å². The minimum atomic E-state index is -4.46. The maximum Gasteiger partial charge on any atom is 0.416 e. The topological polar surface area (TPSA) is 68.4 Å². The van der Waals surface area contributed by atoms with E-state index in [1.165, 1.54) is 38.1 Å². The lowest BCUT2D eigenvalue weighted by Gasteiger charge is -2.58. The van der Waals surface area contributed by atoms with Crippen molar-refractivity contribution in [2.45, 2.75) is 47.3 Å². The van der Waals surface area contributed by atoms with E-state index in [0.29, 0.717) is 35.3 Å². The van der Waals surface area contributed by atoms with Crippen molar-refractivity contribution < 1.29 is 32.2 Å². The number of rotatable bonds is 6. The fraction of sp³-hybridized carbons (Fsp3) is 0.355. The molecule has 3 aromatic rings. The highest BCUT2D eigenvalue weighted by molar-refractivity contribution is 8.01. The number of methoxy groups -OCH3 is 2. The summed E-state index contributed by atoms with van der Waals surface area (Å²) in [4.78, 5) is 31.0. The van der Waals surface area contributed by atoms with Crippen LogP contribution in [0.2, 0.25) is 0 Å². The molecule has 1 aliphatic heterocycles. The average Bonchev–Trinajstić information content (AvgIpc) is 3.64. The number of ketones is 1. The number of benzene rings is 2. The van der Waals surface area contributed by atoms with Crippen LogP contribution < -0.4 is 4.74 Å². The molecule has 2 aromatic carbocycles. The largest absolute Gasteiger partial charge is 0.496 e. The first-order chi connectivity index (χ1) is 19.1. The molecular formula is C31H28F3NO4S. The SMILES string of the molecule is C=C(C(=O)C1CC2(C(=O)OC)C3CCC(c4ccc(C(F)(F)F)cc4)(c4c[nH]cc43)C2S1)c1ccccc1OC. The van der Waals surface area contributed by atoms with Gasteiger partial charge in [-0.2, -0.15) is 13.2 Å². The van der Waals surface area contributed by atoms with Crippen LogP contribution in [0.1, 0.15) is 53.0 Å². The maximum absolute atomic E-state index is 14.0. The minimum Gasteiger partial charge on any atom is -0.496 e. The van der Waals surface area contributed by atoms with Gasteiger partial charge in [-0.1, -0.05) is 36.9 Å². The van der Waals surface area contributed by atoms with Crippen molar-refractivity contribution in [3.63, 3.8) is 0 Å². The first kappa shape index (κ1) is 26.7. The fourth-order valence-electron chi connectivity index (χ4n) is 7.45. The predicted octanol–water partition coefficient (Wildman–Crippen LogP) is 6.54. The number of carbonyl (C=O) groups is 2. The number of esters is 1. The van der Waals surface area contributed by atoms with E-state index in [1.807, 2.05) is 18.5 Å². The Kier molecular flexibility index (Phi) is 6.22. The number of ether oxygens (including phenoxy) is 2. The average molecular weight is 568 g/mol. The number of halogens is 3. The lowest BCUT2D eigenvalue weighted by molar-refractivity contribution is -0.158. The fourth-order valence-corrected chi connectivity index (χ4v) is 9.63. The third-order valence-corrected chi connectivity index (χ3v) is 10.9. The standard InChI is InChI=1S/C31H28F3NO4S/c1-17(20-6-4-5-7-24(20)38-2)26(36)25-14-30(28(37)39-3)22-12-13-29(27(30)40-25,23-16-35-15-21(22)23)18-8-10-19(11-9-18)31(32,33)34/h4-11,15-16,22,25,27,35H,1,12-14H2,2-3H3. The molecule has 1 saturated carbocycles. The van der Waals surface area contributed by atoms with Crippen molar-refractivity contribution >= 4 is 29.1 Å². The van der Waals surface area contributed by atoms with Crippen LogP contribution in [-0.2, 0) is 25.9 Å². The molecule has 1 saturated heterocycles. The van der Waals surface area contributed by atoms with Crippen molar-refractivity contribution in [1.82, 2.24) is 4.98 Å². The first-order valence-corrected chi connectivity index (χ1v) is 14.0. The molecule has 2 fully saturated rings. The second-order valence-corrected chi connectivity index (χ2v) is 12.1. The molecule has 7 rings (SSSR count). The maximum atomic E-state index is 14.0. The van der Waals surface area contributed by atoms with Crippen LogP contribution in [0.25, 0.3) is 5.57 Å². The Balaban J connectivity index is 1.48. The van der Waals surface area contributed by atoms with Crippen molar-refractivity contribution in [1.29, 1.82) is 0 Å². The summed E-state index contributed by atoms with van der Waals surface area (Å²) in [5.74, 6) is -0.245. The molecule has 5 unspecified atom stereocenters. The van der Waals surface area contributed by atoms with Crippen molar-refractivity contribution in [3.8, 4) is 5.75 Å². The van der Waals surface area contributed by atoms with Gasteiger partial charge >= 0.3 is 12.1 Å². The van der Waals surface area contributed by atoms with Crippen LogP contribution in [0.3, 0.4) is 0 Å². The van der Waals surface area contributed by atoms with Gasteiger partial charge in [-0.25, -0.2) is 0 Å². The Morgan fingerprint density at radius 1 is 1.07 bits per heavy atom. The molecule has 1 aromatic heterocycles. The van der Waals surface area contributed by atoms with Gasteiger partial charge in [0.1, 0.15) is 5.75 Å². The number of H-pyrrole nitrogens is 1. The molecule has 208 valence electrons. The van der Waals surface area contributed by atoms with Gasteiger partial charge in [-0.3, -0.25) is 9.59 Å². The summed E-state index contributed by atoms with van der Waals surface area (Å²) in [7, 11) is 2.88. The van der Waals surface area contributed by atoms with Gasteiger partial charge in [0.05, 0.1) is 30.4 Å². The predicted molar refractivity (Wildman–Crippen MR) is 146 cm³/mol. The zero-order valence-corrected chi connectivity index (χ0v) is 22.8. The summed E-state index contributed by atoms with van der Waals surface area (Å²) in [6.45, 7) is 4.10. The van der Waals surface area contributed by atoms with Gasteiger partial charge in [0.25, 0.3) is 0 Å². The van der Waals surface area contributed by atoms with Crippen molar-refractivity contribution in [2.24, 2.45) is 5.41 Å². The number of thioether (sulfide) groups is 1. The molecule has 3 aliphatic carbocycles. The Bertz CT molecular complexity index is 1510. The zero-order chi connectivity index (χ0) is 28.4. The number of nitrogens with one attached hydrogen (secondary N) is 1. The number of alkyl halides is 3. The highest BCUT2D eigenvalue weighted by Gasteiger charge is 2.72. The number of fused-ring (bicyclic) bond motifs is 1. The van der Waals surface area contributed by atoms with E-state index >= 15 is 0 Å². The van der Waals surface area contributed by atoms with E-state index in [1.54, 1.807) is 18.2 Å². The Hall–Kier alpha value is -3.46. The van der Waals surface area contributed by atoms with Crippen LogP contribution in [0, 0.1) is 5.41 Å². The minimum absolute atomic E-state index is 0.188. The molecule has 0 radical (unpaired) electrons. The summed E-state index contributed by atoms with van der Waals surface area (Å²) in [6.07, 6.45) is 0.842. The molecule has 0 amide bonds. The number of hydrogen-bond donors (Lipinski definition) is 1. The number of aromatic amines is 1. The van der Waals surface area contributed by atoms with E-state index in [4.69, 9.17) is 9.47 Å². The summed E-state index contributed by atoms with van der Waals surface area (Å²) < 4.78 is 51.2. The van der Waals surface area contributed by atoms with Gasteiger partial charge in [0.15, 0.2) is 5.78 Å².